The van der Waals surface area contributed by atoms with E-state index >= 15 is 0 Å². The lowest BCUT2D eigenvalue weighted by Crippen LogP contribution is -2.58. The van der Waals surface area contributed by atoms with Gasteiger partial charge in [0.15, 0.2) is 0 Å². The molecule has 18 heteroatoms. The SMILES string of the molecule is CC[C@@H]1C[C@]1(NC(=O)[C@@H]1C[C@@H](OC(=O)N2Cc3cccc(F)c3C2)CN1C(=O)[C@@H](Nc1cncc(C(F)(F)F)c1)C(C)C)C(=O)NS(=O)(=O)C1CC1. The van der Waals surface area contributed by atoms with E-state index < -0.39 is 86.3 Å². The maximum Gasteiger partial charge on any atom is 0.417 e. The van der Waals surface area contributed by atoms with Crippen molar-refractivity contribution in [3.05, 3.63) is 59.2 Å². The van der Waals surface area contributed by atoms with Crippen LogP contribution in [0.2, 0.25) is 0 Å². The number of hydrogen-bond donors (Lipinski definition) is 3. The van der Waals surface area contributed by atoms with Crippen LogP contribution in [-0.2, 0) is 48.4 Å². The van der Waals surface area contributed by atoms with Gasteiger partial charge in [-0.1, -0.05) is 39.3 Å². The second-order valence-corrected chi connectivity index (χ2v) is 16.2. The van der Waals surface area contributed by atoms with Gasteiger partial charge in [0.05, 0.1) is 29.6 Å². The van der Waals surface area contributed by atoms with Crippen LogP contribution in [0.5, 0.6) is 0 Å². The third-order valence-corrected chi connectivity index (χ3v) is 12.0. The third kappa shape index (κ3) is 7.52. The summed E-state index contributed by atoms with van der Waals surface area (Å²) >= 11 is 0. The van der Waals surface area contributed by atoms with Crippen LogP contribution in [0.25, 0.3) is 0 Å². The molecule has 3 fully saturated rings. The number of ether oxygens (including phenoxy) is 1. The molecule has 2 aromatic rings. The summed E-state index contributed by atoms with van der Waals surface area (Å²) in [6, 6.07) is 2.81. The minimum atomic E-state index is -4.70. The molecule has 0 bridgehead atoms. The fourth-order valence-electron chi connectivity index (χ4n) is 6.94. The van der Waals surface area contributed by atoms with Crippen LogP contribution in [-0.4, -0.2) is 82.5 Å². The molecular formula is C34H40F4N6O7S. The predicted molar refractivity (Wildman–Crippen MR) is 177 cm³/mol. The van der Waals surface area contributed by atoms with Crippen molar-refractivity contribution in [2.75, 3.05) is 11.9 Å². The zero-order chi connectivity index (χ0) is 37.7. The average Bonchev–Trinajstić information content (AvgIpc) is 3.97. The molecule has 2 aliphatic heterocycles. The number of fused-ring (bicyclic) bond motifs is 1. The van der Waals surface area contributed by atoms with Gasteiger partial charge in [0.1, 0.15) is 29.5 Å². The average molecular weight is 753 g/mol. The van der Waals surface area contributed by atoms with Gasteiger partial charge in [0, 0.05) is 30.9 Å². The Morgan fingerprint density at radius 1 is 1.12 bits per heavy atom. The molecule has 13 nitrogen and oxygen atoms in total. The Kier molecular flexibility index (Phi) is 9.91. The molecule has 1 aromatic carbocycles. The molecule has 2 saturated carbocycles. The van der Waals surface area contributed by atoms with Gasteiger partial charge in [-0.25, -0.2) is 17.6 Å². The van der Waals surface area contributed by atoms with E-state index in [0.717, 1.165) is 17.2 Å². The topological polar surface area (TPSA) is 167 Å². The van der Waals surface area contributed by atoms with Crippen LogP contribution in [0.15, 0.2) is 36.7 Å². The van der Waals surface area contributed by atoms with Crippen LogP contribution in [0.1, 0.15) is 69.6 Å². The number of nitrogens with one attached hydrogen (secondary N) is 3. The van der Waals surface area contributed by atoms with Crippen LogP contribution in [0, 0.1) is 17.7 Å². The summed E-state index contributed by atoms with van der Waals surface area (Å²) in [6.45, 7) is 4.83. The molecule has 0 spiro atoms. The molecule has 282 valence electrons. The summed E-state index contributed by atoms with van der Waals surface area (Å²) in [4.78, 5) is 61.1. The number of alkyl halides is 3. The molecule has 6 rings (SSSR count). The Morgan fingerprint density at radius 3 is 2.46 bits per heavy atom. The van der Waals surface area contributed by atoms with Crippen molar-refractivity contribution < 1.29 is 49.9 Å². The monoisotopic (exact) mass is 752 g/mol. The molecule has 5 atom stereocenters. The maximum atomic E-state index is 14.4. The minimum Gasteiger partial charge on any atom is -0.444 e. The van der Waals surface area contributed by atoms with Gasteiger partial charge in [-0.05, 0) is 48.8 Å². The molecule has 2 aliphatic carbocycles. The number of nitrogens with zero attached hydrogens (tertiary/aromatic N) is 3. The number of carbonyl (C=O) groups is 4. The normalized spacial score (nSPS) is 24.7. The van der Waals surface area contributed by atoms with E-state index in [-0.39, 0.29) is 44.1 Å². The summed E-state index contributed by atoms with van der Waals surface area (Å²) in [6.07, 6.45) is -3.54. The summed E-state index contributed by atoms with van der Waals surface area (Å²) in [5, 5.41) is 4.83. The molecule has 0 radical (unpaired) electrons. The van der Waals surface area contributed by atoms with Crippen LogP contribution < -0.4 is 15.4 Å². The fraction of sp³-hybridized carbons (Fsp3) is 0.559. The highest BCUT2D eigenvalue weighted by Gasteiger charge is 2.62. The van der Waals surface area contributed by atoms with E-state index in [1.807, 2.05) is 0 Å². The van der Waals surface area contributed by atoms with Gasteiger partial charge in [-0.3, -0.25) is 29.0 Å². The van der Waals surface area contributed by atoms with Gasteiger partial charge in [0.25, 0.3) is 5.91 Å². The summed E-state index contributed by atoms with van der Waals surface area (Å²) in [7, 11) is -3.94. The van der Waals surface area contributed by atoms with Crippen molar-refractivity contribution in [3.8, 4) is 0 Å². The number of carbonyl (C=O) groups excluding carboxylic acids is 4. The first-order valence-electron chi connectivity index (χ1n) is 17.1. The Labute approximate surface area is 297 Å². The number of likely N-dealkylation sites (tertiary alicyclic amines) is 1. The zero-order valence-corrected chi connectivity index (χ0v) is 29.5. The Morgan fingerprint density at radius 2 is 1.85 bits per heavy atom. The number of rotatable bonds is 11. The second kappa shape index (κ2) is 13.8. The summed E-state index contributed by atoms with van der Waals surface area (Å²) < 4.78 is 87.8. The molecule has 1 saturated heterocycles. The molecule has 4 amide bonds. The highest BCUT2D eigenvalue weighted by atomic mass is 32.2. The van der Waals surface area contributed by atoms with Crippen LogP contribution in [0.4, 0.5) is 28.0 Å². The fourth-order valence-corrected chi connectivity index (χ4v) is 8.31. The Balaban J connectivity index is 1.24. The number of sulfonamides is 1. The van der Waals surface area contributed by atoms with Crippen LogP contribution >= 0.6 is 0 Å². The number of hydrogen-bond acceptors (Lipinski definition) is 9. The lowest BCUT2D eigenvalue weighted by Gasteiger charge is -2.31. The van der Waals surface area contributed by atoms with E-state index in [0.29, 0.717) is 36.6 Å². The number of benzene rings is 1. The lowest BCUT2D eigenvalue weighted by atomic mass is 10.0. The predicted octanol–water partition coefficient (Wildman–Crippen LogP) is 3.69. The standard InChI is InChI=1S/C34H40F4N6O7S/c1-4-20-12-33(20,31(47)42-52(49,50)24-8-9-24)41-29(45)27-11-23(51-32(48)43-15-19-6-5-7-26(35)25(19)17-43)16-44(27)30(46)28(18(2)3)40-22-10-21(13-39-14-22)34(36,37)38/h5-7,10,13-14,18,20,23-24,27-28,40H,4,8-9,11-12,15-17H2,1-3H3,(H,41,45)(H,42,47)/t20-,23-,27+,28+,33-/m1/s1. The number of anilines is 1. The number of pyridine rings is 1. The Bertz CT molecular complexity index is 1870. The molecule has 52 heavy (non-hydrogen) atoms. The van der Waals surface area contributed by atoms with Gasteiger partial charge < -0.3 is 20.3 Å². The maximum absolute atomic E-state index is 14.4. The van der Waals surface area contributed by atoms with E-state index in [1.165, 1.54) is 17.0 Å². The molecule has 0 unspecified atom stereocenters. The quantitative estimate of drug-likeness (QED) is 0.290. The smallest absolute Gasteiger partial charge is 0.417 e. The van der Waals surface area contributed by atoms with Crippen molar-refractivity contribution in [3.63, 3.8) is 0 Å². The first kappa shape index (κ1) is 37.3. The van der Waals surface area contributed by atoms with E-state index in [2.05, 4.69) is 20.3 Å². The molecule has 3 N–H and O–H groups in total. The van der Waals surface area contributed by atoms with E-state index in [9.17, 15) is 45.2 Å². The number of halogens is 4. The zero-order valence-electron chi connectivity index (χ0n) is 28.7. The van der Waals surface area contributed by atoms with E-state index in [1.54, 1.807) is 26.8 Å². The van der Waals surface area contributed by atoms with Crippen molar-refractivity contribution >= 4 is 39.5 Å². The number of aromatic nitrogens is 1. The first-order valence-corrected chi connectivity index (χ1v) is 18.7. The Hall–Kier alpha value is -4.48. The van der Waals surface area contributed by atoms with Gasteiger partial charge in [-0.15, -0.1) is 0 Å². The summed E-state index contributed by atoms with van der Waals surface area (Å²) in [5.74, 6) is -3.75. The van der Waals surface area contributed by atoms with Crippen molar-refractivity contribution in [2.24, 2.45) is 11.8 Å². The molecular weight excluding hydrogens is 712 g/mol. The van der Waals surface area contributed by atoms with Gasteiger partial charge >= 0.3 is 12.3 Å². The minimum absolute atomic E-state index is 0.0513. The summed E-state index contributed by atoms with van der Waals surface area (Å²) in [5.41, 5.74) is -1.74. The second-order valence-electron chi connectivity index (χ2n) is 14.3. The first-order chi connectivity index (χ1) is 24.4. The lowest BCUT2D eigenvalue weighted by molar-refractivity contribution is -0.140. The van der Waals surface area contributed by atoms with Gasteiger partial charge in [0.2, 0.25) is 21.8 Å². The van der Waals surface area contributed by atoms with Crippen molar-refractivity contribution in [1.82, 2.24) is 24.8 Å². The van der Waals surface area contributed by atoms with Crippen molar-refractivity contribution in [1.29, 1.82) is 0 Å². The third-order valence-electron chi connectivity index (χ3n) is 10.2. The van der Waals surface area contributed by atoms with Crippen molar-refractivity contribution in [2.45, 2.75) is 101 Å². The molecule has 3 heterocycles. The van der Waals surface area contributed by atoms with Gasteiger partial charge in [-0.2, -0.15) is 13.2 Å². The highest BCUT2D eigenvalue weighted by Crippen LogP contribution is 2.47. The molecule has 1 aromatic heterocycles. The van der Waals surface area contributed by atoms with Crippen LogP contribution in [0.3, 0.4) is 0 Å². The largest absolute Gasteiger partial charge is 0.444 e. The number of amides is 4. The highest BCUT2D eigenvalue weighted by molar-refractivity contribution is 7.91. The van der Waals surface area contributed by atoms with E-state index in [4.69, 9.17) is 4.74 Å². The molecule has 4 aliphatic rings.